The van der Waals surface area contributed by atoms with Gasteiger partial charge < -0.3 is 15.4 Å². The van der Waals surface area contributed by atoms with Crippen molar-refractivity contribution in [2.75, 3.05) is 31.3 Å². The molecule has 0 spiro atoms. The van der Waals surface area contributed by atoms with E-state index in [0.29, 0.717) is 17.1 Å². The fraction of sp³-hybridized carbons (Fsp3) is 0.222. The van der Waals surface area contributed by atoms with Gasteiger partial charge in [0.1, 0.15) is 11.8 Å². The monoisotopic (exact) mass is 325 g/mol. The van der Waals surface area contributed by atoms with Crippen LogP contribution in [0.5, 0.6) is 5.75 Å². The molecule has 0 radical (unpaired) electrons. The summed E-state index contributed by atoms with van der Waals surface area (Å²) in [6.45, 7) is 0.00934. The number of hydrogen-bond donors (Lipinski definition) is 2. The lowest BCUT2D eigenvalue weighted by Crippen LogP contribution is -2.32. The van der Waals surface area contributed by atoms with Gasteiger partial charge in [0.2, 0.25) is 5.91 Å². The van der Waals surface area contributed by atoms with Crippen molar-refractivity contribution in [3.05, 3.63) is 54.1 Å². The Hall–Kier alpha value is -2.86. The summed E-state index contributed by atoms with van der Waals surface area (Å²) in [5.41, 5.74) is 2.08. The number of nitrogens with one attached hydrogen (secondary N) is 2. The molecule has 1 atom stereocenters. The Morgan fingerprint density at radius 2 is 1.96 bits per heavy atom. The molecule has 1 aliphatic heterocycles. The predicted molar refractivity (Wildman–Crippen MR) is 92.1 cm³/mol. The zero-order chi connectivity index (χ0) is 17.1. The summed E-state index contributed by atoms with van der Waals surface area (Å²) < 4.78 is 5.32. The molecule has 0 aliphatic carbocycles. The highest BCUT2D eigenvalue weighted by molar-refractivity contribution is 5.99. The first kappa shape index (κ1) is 16.0. The van der Waals surface area contributed by atoms with Crippen LogP contribution in [0.3, 0.4) is 0 Å². The summed E-state index contributed by atoms with van der Waals surface area (Å²) in [6, 6.07) is 14.4. The van der Waals surface area contributed by atoms with Crippen LogP contribution >= 0.6 is 0 Å². The summed E-state index contributed by atoms with van der Waals surface area (Å²) in [7, 11) is 3.72. The normalized spacial score (nSPS) is 14.4. The van der Waals surface area contributed by atoms with Gasteiger partial charge in [-0.05, 0) is 37.9 Å². The molecule has 0 aromatic heterocycles. The predicted octanol–water partition coefficient (Wildman–Crippen LogP) is 2.26. The third-order valence-corrected chi connectivity index (χ3v) is 3.76. The summed E-state index contributed by atoms with van der Waals surface area (Å²) in [4.78, 5) is 26.0. The smallest absolute Gasteiger partial charge is 0.262 e. The maximum absolute atomic E-state index is 12.7. The third-order valence-electron chi connectivity index (χ3n) is 3.76. The number of likely N-dealkylation sites (N-methyl/N-ethyl adjacent to an activating group) is 1. The molecule has 24 heavy (non-hydrogen) atoms. The van der Waals surface area contributed by atoms with E-state index in [2.05, 4.69) is 10.6 Å². The average molecular weight is 325 g/mol. The minimum absolute atomic E-state index is 0.00934. The second-order valence-electron chi connectivity index (χ2n) is 5.81. The van der Waals surface area contributed by atoms with Gasteiger partial charge in [0.25, 0.3) is 5.91 Å². The van der Waals surface area contributed by atoms with Crippen molar-refractivity contribution in [1.29, 1.82) is 0 Å². The van der Waals surface area contributed by atoms with Crippen molar-refractivity contribution in [3.63, 3.8) is 0 Å². The van der Waals surface area contributed by atoms with Crippen LogP contribution in [0.25, 0.3) is 0 Å². The quantitative estimate of drug-likeness (QED) is 0.904. The van der Waals surface area contributed by atoms with Gasteiger partial charge in [-0.1, -0.05) is 30.3 Å². The number of amides is 2. The number of anilines is 2. The van der Waals surface area contributed by atoms with Gasteiger partial charge in [-0.15, -0.1) is 0 Å². The van der Waals surface area contributed by atoms with Gasteiger partial charge in [-0.3, -0.25) is 14.5 Å². The van der Waals surface area contributed by atoms with Gasteiger partial charge in [-0.25, -0.2) is 0 Å². The molecule has 1 aliphatic rings. The molecule has 124 valence electrons. The first-order chi connectivity index (χ1) is 11.5. The number of hydrogen-bond acceptors (Lipinski definition) is 4. The summed E-state index contributed by atoms with van der Waals surface area (Å²) in [5, 5.41) is 5.63. The van der Waals surface area contributed by atoms with Gasteiger partial charge >= 0.3 is 0 Å². The molecule has 0 saturated carbocycles. The lowest BCUT2D eigenvalue weighted by Gasteiger charge is -2.24. The van der Waals surface area contributed by atoms with E-state index in [1.807, 2.05) is 49.3 Å². The van der Waals surface area contributed by atoms with Crippen LogP contribution in [0.1, 0.15) is 11.6 Å². The van der Waals surface area contributed by atoms with Crippen molar-refractivity contribution in [1.82, 2.24) is 4.90 Å². The maximum atomic E-state index is 12.7. The Bertz CT molecular complexity index is 759. The van der Waals surface area contributed by atoms with E-state index in [-0.39, 0.29) is 18.4 Å². The fourth-order valence-corrected chi connectivity index (χ4v) is 2.69. The van der Waals surface area contributed by atoms with E-state index in [1.54, 1.807) is 18.2 Å². The standard InChI is InChI=1S/C18H19N3O3/c1-21(2)17(12-6-4-3-5-7-12)18(23)19-13-8-9-15-14(10-13)20-16(22)11-24-15/h3-10,17H,11H2,1-2H3,(H,19,23)(H,20,22)/t17-/m1/s1. The number of carbonyl (C=O) groups is 2. The van der Waals surface area contributed by atoms with Crippen LogP contribution < -0.4 is 15.4 Å². The van der Waals surface area contributed by atoms with Gasteiger partial charge in [0.05, 0.1) is 5.69 Å². The van der Waals surface area contributed by atoms with E-state index in [4.69, 9.17) is 4.74 Å². The summed E-state index contributed by atoms with van der Waals surface area (Å²) in [5.74, 6) is 0.246. The molecule has 2 amide bonds. The SMILES string of the molecule is CN(C)[C@@H](C(=O)Nc1ccc2c(c1)NC(=O)CO2)c1ccccc1. The van der Waals surface area contributed by atoms with Crippen LogP contribution in [-0.4, -0.2) is 37.4 Å². The Kier molecular flexibility index (Phi) is 4.48. The molecule has 0 saturated heterocycles. The number of nitrogens with zero attached hydrogens (tertiary/aromatic N) is 1. The molecular formula is C18H19N3O3. The van der Waals surface area contributed by atoms with Crippen molar-refractivity contribution in [3.8, 4) is 5.75 Å². The highest BCUT2D eigenvalue weighted by Gasteiger charge is 2.23. The second-order valence-corrected chi connectivity index (χ2v) is 5.81. The van der Waals surface area contributed by atoms with E-state index in [9.17, 15) is 9.59 Å². The van der Waals surface area contributed by atoms with E-state index >= 15 is 0 Å². The Labute approximate surface area is 140 Å². The molecule has 0 unspecified atom stereocenters. The third kappa shape index (κ3) is 3.38. The average Bonchev–Trinajstić information content (AvgIpc) is 2.55. The second kappa shape index (κ2) is 6.72. The Morgan fingerprint density at radius 3 is 2.67 bits per heavy atom. The molecule has 3 rings (SSSR count). The highest BCUT2D eigenvalue weighted by Crippen LogP contribution is 2.31. The Balaban J connectivity index is 1.81. The number of benzene rings is 2. The van der Waals surface area contributed by atoms with Crippen LogP contribution in [-0.2, 0) is 9.59 Å². The van der Waals surface area contributed by atoms with Crippen LogP contribution in [0, 0.1) is 0 Å². The zero-order valence-electron chi connectivity index (χ0n) is 13.6. The summed E-state index contributed by atoms with van der Waals surface area (Å²) >= 11 is 0. The molecule has 6 nitrogen and oxygen atoms in total. The first-order valence-corrected chi connectivity index (χ1v) is 7.63. The van der Waals surface area contributed by atoms with Crippen LogP contribution in [0.2, 0.25) is 0 Å². The van der Waals surface area contributed by atoms with E-state index < -0.39 is 6.04 Å². The van der Waals surface area contributed by atoms with Crippen molar-refractivity contribution < 1.29 is 14.3 Å². The molecule has 0 bridgehead atoms. The molecule has 2 aromatic rings. The van der Waals surface area contributed by atoms with Gasteiger partial charge in [-0.2, -0.15) is 0 Å². The van der Waals surface area contributed by atoms with Crippen molar-refractivity contribution in [2.24, 2.45) is 0 Å². The number of ether oxygens (including phenoxy) is 1. The summed E-state index contributed by atoms with van der Waals surface area (Å²) in [6.07, 6.45) is 0. The highest BCUT2D eigenvalue weighted by atomic mass is 16.5. The maximum Gasteiger partial charge on any atom is 0.262 e. The van der Waals surface area contributed by atoms with Gasteiger partial charge in [0, 0.05) is 5.69 Å². The molecule has 2 N–H and O–H groups in total. The van der Waals surface area contributed by atoms with Crippen molar-refractivity contribution in [2.45, 2.75) is 6.04 Å². The van der Waals surface area contributed by atoms with Crippen LogP contribution in [0.4, 0.5) is 11.4 Å². The zero-order valence-corrected chi connectivity index (χ0v) is 13.6. The van der Waals surface area contributed by atoms with E-state index in [1.165, 1.54) is 0 Å². The van der Waals surface area contributed by atoms with Gasteiger partial charge in [0.15, 0.2) is 6.61 Å². The van der Waals surface area contributed by atoms with Crippen LogP contribution in [0.15, 0.2) is 48.5 Å². The topological polar surface area (TPSA) is 70.7 Å². The molecular weight excluding hydrogens is 306 g/mol. The minimum atomic E-state index is -0.409. The molecule has 0 fully saturated rings. The largest absolute Gasteiger partial charge is 0.482 e. The molecule has 1 heterocycles. The lowest BCUT2D eigenvalue weighted by atomic mass is 10.1. The molecule has 2 aromatic carbocycles. The van der Waals surface area contributed by atoms with E-state index in [0.717, 1.165) is 5.56 Å². The lowest BCUT2D eigenvalue weighted by molar-refractivity contribution is -0.120. The molecule has 6 heteroatoms. The van der Waals surface area contributed by atoms with Crippen molar-refractivity contribution >= 4 is 23.2 Å². The number of fused-ring (bicyclic) bond motifs is 1. The minimum Gasteiger partial charge on any atom is -0.482 e. The fourth-order valence-electron chi connectivity index (χ4n) is 2.69. The Morgan fingerprint density at radius 1 is 1.21 bits per heavy atom. The number of rotatable bonds is 4. The first-order valence-electron chi connectivity index (χ1n) is 7.63. The number of carbonyl (C=O) groups excluding carboxylic acids is 2.